The van der Waals surface area contributed by atoms with Gasteiger partial charge in [0.1, 0.15) is 7.85 Å². The van der Waals surface area contributed by atoms with Gasteiger partial charge in [0.2, 0.25) is 0 Å². The third-order valence-corrected chi connectivity index (χ3v) is 8.55. The minimum atomic E-state index is 0.344. The van der Waals surface area contributed by atoms with Crippen molar-refractivity contribution in [1.82, 2.24) is 4.98 Å². The molecule has 1 heterocycles. The second-order valence-electron chi connectivity index (χ2n) is 10.6. The molecule has 2 aromatic carbocycles. The van der Waals surface area contributed by atoms with E-state index in [9.17, 15) is 0 Å². The monoisotopic (exact) mass is 421 g/mol. The molecule has 2 aliphatic carbocycles. The van der Waals surface area contributed by atoms with Crippen molar-refractivity contribution in [3.8, 4) is 22.4 Å². The molecule has 32 heavy (non-hydrogen) atoms. The van der Waals surface area contributed by atoms with E-state index >= 15 is 0 Å². The molecule has 5 rings (SSSR count). The van der Waals surface area contributed by atoms with Gasteiger partial charge in [-0.1, -0.05) is 112 Å². The van der Waals surface area contributed by atoms with E-state index in [0.29, 0.717) is 5.31 Å². The fourth-order valence-corrected chi connectivity index (χ4v) is 6.29. The second-order valence-corrected chi connectivity index (χ2v) is 10.6. The summed E-state index contributed by atoms with van der Waals surface area (Å²) in [7, 11) is 2.50. The molecule has 164 valence electrons. The Morgan fingerprint density at radius 1 is 0.750 bits per heavy atom. The largest absolute Gasteiger partial charge is 0.256 e. The van der Waals surface area contributed by atoms with Gasteiger partial charge >= 0.3 is 0 Å². The Labute approximate surface area is 195 Å². The SMILES string of the molecule is BC1(c2ccc(-c3ccc(-c4ccccc4C)nc3)cc2)CCC(C2CCCCC2)CC1. The highest BCUT2D eigenvalue weighted by atomic mass is 14.7. The molecule has 2 saturated carbocycles. The van der Waals surface area contributed by atoms with Crippen LogP contribution in [0.2, 0.25) is 0 Å². The van der Waals surface area contributed by atoms with Crippen LogP contribution >= 0.6 is 0 Å². The van der Waals surface area contributed by atoms with Gasteiger partial charge in [-0.2, -0.15) is 0 Å². The molecule has 0 N–H and O–H groups in total. The van der Waals surface area contributed by atoms with E-state index in [1.165, 1.54) is 85.6 Å². The predicted octanol–water partition coefficient (Wildman–Crippen LogP) is 7.32. The summed E-state index contributed by atoms with van der Waals surface area (Å²) < 4.78 is 0. The highest BCUT2D eigenvalue weighted by molar-refractivity contribution is 6.16. The zero-order chi connectivity index (χ0) is 22.0. The lowest BCUT2D eigenvalue weighted by molar-refractivity contribution is 0.176. The molecule has 0 unspecified atom stereocenters. The lowest BCUT2D eigenvalue weighted by Gasteiger charge is -2.42. The van der Waals surface area contributed by atoms with Gasteiger partial charge in [0, 0.05) is 17.3 Å². The van der Waals surface area contributed by atoms with Crippen LogP contribution in [0, 0.1) is 18.8 Å². The first-order valence-corrected chi connectivity index (χ1v) is 12.8. The van der Waals surface area contributed by atoms with Gasteiger partial charge in [0.25, 0.3) is 0 Å². The van der Waals surface area contributed by atoms with E-state index in [-0.39, 0.29) is 0 Å². The van der Waals surface area contributed by atoms with Crippen molar-refractivity contribution in [2.45, 2.75) is 70.0 Å². The van der Waals surface area contributed by atoms with Gasteiger partial charge in [-0.3, -0.25) is 4.98 Å². The van der Waals surface area contributed by atoms with Gasteiger partial charge in [0.05, 0.1) is 5.69 Å². The van der Waals surface area contributed by atoms with Gasteiger partial charge in [0.15, 0.2) is 0 Å². The van der Waals surface area contributed by atoms with Crippen LogP contribution in [0.15, 0.2) is 66.9 Å². The number of nitrogens with zero attached hydrogens (tertiary/aromatic N) is 1. The fraction of sp³-hybridized carbons (Fsp3) is 0.433. The summed E-state index contributed by atoms with van der Waals surface area (Å²) in [6.07, 6.45) is 15.0. The Morgan fingerprint density at radius 2 is 1.41 bits per heavy atom. The van der Waals surface area contributed by atoms with Gasteiger partial charge in [-0.25, -0.2) is 0 Å². The van der Waals surface area contributed by atoms with Crippen molar-refractivity contribution in [2.24, 2.45) is 11.8 Å². The van der Waals surface area contributed by atoms with Crippen LogP contribution in [-0.4, -0.2) is 12.8 Å². The number of aryl methyl sites for hydroxylation is 1. The van der Waals surface area contributed by atoms with Crippen LogP contribution < -0.4 is 0 Å². The van der Waals surface area contributed by atoms with Gasteiger partial charge in [-0.15, -0.1) is 0 Å². The van der Waals surface area contributed by atoms with E-state index < -0.39 is 0 Å². The molecule has 0 amide bonds. The van der Waals surface area contributed by atoms with Crippen molar-refractivity contribution < 1.29 is 0 Å². The molecule has 2 fully saturated rings. The third kappa shape index (κ3) is 4.42. The molecule has 0 spiro atoms. The molecule has 2 heteroatoms. The highest BCUT2D eigenvalue weighted by Gasteiger charge is 2.35. The summed E-state index contributed by atoms with van der Waals surface area (Å²) in [5.41, 5.74) is 7.50. The highest BCUT2D eigenvalue weighted by Crippen LogP contribution is 2.45. The van der Waals surface area contributed by atoms with Crippen molar-refractivity contribution in [1.29, 1.82) is 0 Å². The van der Waals surface area contributed by atoms with Crippen LogP contribution in [0.3, 0.4) is 0 Å². The molecule has 0 aliphatic heterocycles. The number of benzene rings is 2. The first-order valence-electron chi connectivity index (χ1n) is 12.8. The van der Waals surface area contributed by atoms with Crippen LogP contribution in [-0.2, 0) is 5.31 Å². The third-order valence-electron chi connectivity index (χ3n) is 8.55. The zero-order valence-electron chi connectivity index (χ0n) is 19.8. The average molecular weight is 421 g/mol. The first kappa shape index (κ1) is 21.5. The number of aromatic nitrogens is 1. The molecular formula is C30H36BN. The minimum absolute atomic E-state index is 0.344. The van der Waals surface area contributed by atoms with E-state index in [1.54, 1.807) is 0 Å². The topological polar surface area (TPSA) is 12.9 Å². The number of rotatable bonds is 4. The Bertz CT molecular complexity index is 1020. The maximum Gasteiger partial charge on any atom is 0.115 e. The van der Waals surface area contributed by atoms with Crippen molar-refractivity contribution in [2.75, 3.05) is 0 Å². The molecule has 1 aromatic heterocycles. The summed E-state index contributed by atoms with van der Waals surface area (Å²) >= 11 is 0. The number of hydrogen-bond donors (Lipinski definition) is 0. The van der Waals surface area contributed by atoms with Crippen molar-refractivity contribution in [3.05, 3.63) is 78.0 Å². The molecule has 1 nitrogen and oxygen atoms in total. The first-order chi connectivity index (χ1) is 15.6. The second kappa shape index (κ2) is 9.26. The lowest BCUT2D eigenvalue weighted by atomic mass is 9.54. The standard InChI is InChI=1S/C30H36BN/c1-22-7-5-6-10-28(22)29-16-13-26(21-32-29)24-11-14-27(15-12-24)30(31)19-17-25(18-20-30)23-8-3-2-4-9-23/h5-7,10-16,21,23,25H,2-4,8-9,17-20,31H2,1H3. The quantitative estimate of drug-likeness (QED) is 0.402. The van der Waals surface area contributed by atoms with E-state index in [0.717, 1.165) is 17.5 Å². The lowest BCUT2D eigenvalue weighted by Crippen LogP contribution is -2.34. The Kier molecular flexibility index (Phi) is 6.22. The Hall–Kier alpha value is -2.35. The van der Waals surface area contributed by atoms with Crippen LogP contribution in [0.25, 0.3) is 22.4 Å². The van der Waals surface area contributed by atoms with Gasteiger partial charge < -0.3 is 0 Å². The maximum atomic E-state index is 4.76. The summed E-state index contributed by atoms with van der Waals surface area (Å²) in [6.45, 7) is 2.15. The van der Waals surface area contributed by atoms with Crippen LogP contribution in [0.1, 0.15) is 68.9 Å². The maximum absolute atomic E-state index is 4.76. The molecule has 0 bridgehead atoms. The molecule has 0 atom stereocenters. The van der Waals surface area contributed by atoms with Gasteiger partial charge in [-0.05, 0) is 46.8 Å². The minimum Gasteiger partial charge on any atom is -0.256 e. The summed E-state index contributed by atoms with van der Waals surface area (Å²) in [4.78, 5) is 4.76. The Morgan fingerprint density at radius 3 is 2.06 bits per heavy atom. The average Bonchev–Trinajstić information content (AvgIpc) is 2.86. The van der Waals surface area contributed by atoms with E-state index in [1.807, 2.05) is 6.20 Å². The summed E-state index contributed by atoms with van der Waals surface area (Å²) in [5, 5.41) is 0.344. The van der Waals surface area contributed by atoms with Crippen molar-refractivity contribution >= 4 is 7.85 Å². The summed E-state index contributed by atoms with van der Waals surface area (Å²) in [6, 6.07) is 22.2. The van der Waals surface area contributed by atoms with Crippen LogP contribution in [0.5, 0.6) is 0 Å². The van der Waals surface area contributed by atoms with Crippen molar-refractivity contribution in [3.63, 3.8) is 0 Å². The number of pyridine rings is 1. The van der Waals surface area contributed by atoms with Crippen LogP contribution in [0.4, 0.5) is 0 Å². The number of hydrogen-bond acceptors (Lipinski definition) is 1. The molecule has 0 radical (unpaired) electrons. The fourth-order valence-electron chi connectivity index (χ4n) is 6.29. The van der Waals surface area contributed by atoms with E-state index in [4.69, 9.17) is 4.98 Å². The molecule has 0 saturated heterocycles. The smallest absolute Gasteiger partial charge is 0.115 e. The predicted molar refractivity (Wildman–Crippen MR) is 139 cm³/mol. The molecular weight excluding hydrogens is 385 g/mol. The van der Waals surface area contributed by atoms with E-state index in [2.05, 4.69) is 75.4 Å². The zero-order valence-corrected chi connectivity index (χ0v) is 19.8. The normalized spacial score (nSPS) is 24.3. The molecule has 3 aromatic rings. The molecule has 2 aliphatic rings. The Balaban J connectivity index is 1.26. The summed E-state index contributed by atoms with van der Waals surface area (Å²) in [5.74, 6) is 2.01.